The normalized spacial score (nSPS) is 12.3. The SMILES string of the molecule is C[C@H](NC(=O)c1ccc(F)cc1)c1nc2ccccc2[nH]1. The lowest BCUT2D eigenvalue weighted by molar-refractivity contribution is 0.0938. The fourth-order valence-electron chi connectivity index (χ4n) is 2.13. The first kappa shape index (κ1) is 13.3. The van der Waals surface area contributed by atoms with Crippen LogP contribution >= 0.6 is 0 Å². The molecule has 0 saturated carbocycles. The van der Waals surface area contributed by atoms with E-state index in [2.05, 4.69) is 15.3 Å². The fourth-order valence-corrected chi connectivity index (χ4v) is 2.13. The average Bonchev–Trinajstić information content (AvgIpc) is 2.92. The molecule has 1 aromatic heterocycles. The summed E-state index contributed by atoms with van der Waals surface area (Å²) in [6.45, 7) is 1.85. The first-order valence-electron chi connectivity index (χ1n) is 6.64. The molecule has 0 aliphatic rings. The van der Waals surface area contributed by atoms with E-state index in [9.17, 15) is 9.18 Å². The molecule has 4 nitrogen and oxygen atoms in total. The number of aromatic nitrogens is 2. The summed E-state index contributed by atoms with van der Waals surface area (Å²) < 4.78 is 12.8. The lowest BCUT2D eigenvalue weighted by Crippen LogP contribution is -2.27. The van der Waals surface area contributed by atoms with Crippen LogP contribution in [0.2, 0.25) is 0 Å². The summed E-state index contributed by atoms with van der Waals surface area (Å²) in [6.07, 6.45) is 0. The highest BCUT2D eigenvalue weighted by atomic mass is 19.1. The highest BCUT2D eigenvalue weighted by Crippen LogP contribution is 2.16. The lowest BCUT2D eigenvalue weighted by atomic mass is 10.2. The van der Waals surface area contributed by atoms with Gasteiger partial charge in [-0.2, -0.15) is 0 Å². The quantitative estimate of drug-likeness (QED) is 0.775. The van der Waals surface area contributed by atoms with Crippen LogP contribution in [0.3, 0.4) is 0 Å². The third-order valence-corrected chi connectivity index (χ3v) is 3.27. The van der Waals surface area contributed by atoms with Gasteiger partial charge < -0.3 is 10.3 Å². The van der Waals surface area contributed by atoms with E-state index in [1.807, 2.05) is 31.2 Å². The Morgan fingerprint density at radius 2 is 1.90 bits per heavy atom. The predicted octanol–water partition coefficient (Wildman–Crippen LogP) is 3.19. The molecule has 0 aliphatic heterocycles. The van der Waals surface area contributed by atoms with E-state index in [4.69, 9.17) is 0 Å². The number of imidazole rings is 1. The third-order valence-electron chi connectivity index (χ3n) is 3.27. The van der Waals surface area contributed by atoms with Crippen molar-refractivity contribution in [2.24, 2.45) is 0 Å². The molecule has 1 atom stereocenters. The number of nitrogens with one attached hydrogen (secondary N) is 2. The van der Waals surface area contributed by atoms with Gasteiger partial charge in [-0.05, 0) is 43.3 Å². The first-order valence-corrected chi connectivity index (χ1v) is 6.64. The molecule has 0 unspecified atom stereocenters. The highest BCUT2D eigenvalue weighted by Gasteiger charge is 2.14. The maximum Gasteiger partial charge on any atom is 0.251 e. The number of nitrogens with zero attached hydrogens (tertiary/aromatic N) is 1. The Labute approximate surface area is 121 Å². The maximum absolute atomic E-state index is 12.8. The minimum Gasteiger partial charge on any atom is -0.342 e. The molecule has 0 aliphatic carbocycles. The predicted molar refractivity (Wildman–Crippen MR) is 78.4 cm³/mol. The van der Waals surface area contributed by atoms with Crippen molar-refractivity contribution in [3.63, 3.8) is 0 Å². The van der Waals surface area contributed by atoms with Gasteiger partial charge in [0.15, 0.2) is 0 Å². The number of fused-ring (bicyclic) bond motifs is 1. The van der Waals surface area contributed by atoms with Crippen LogP contribution in [0.15, 0.2) is 48.5 Å². The zero-order valence-corrected chi connectivity index (χ0v) is 11.4. The third kappa shape index (κ3) is 2.76. The van der Waals surface area contributed by atoms with Crippen LogP contribution in [-0.4, -0.2) is 15.9 Å². The van der Waals surface area contributed by atoms with Crippen molar-refractivity contribution in [3.8, 4) is 0 Å². The second-order valence-electron chi connectivity index (χ2n) is 4.84. The number of carbonyl (C=O) groups excluding carboxylic acids is 1. The van der Waals surface area contributed by atoms with E-state index in [0.29, 0.717) is 11.4 Å². The Hall–Kier alpha value is -2.69. The van der Waals surface area contributed by atoms with Crippen LogP contribution in [0, 0.1) is 5.82 Å². The number of para-hydroxylation sites is 2. The van der Waals surface area contributed by atoms with E-state index in [-0.39, 0.29) is 17.8 Å². The summed E-state index contributed by atoms with van der Waals surface area (Å²) in [4.78, 5) is 19.7. The minimum absolute atomic E-state index is 0.261. The Balaban J connectivity index is 1.77. The molecule has 3 aromatic rings. The standard InChI is InChI=1S/C16H14FN3O/c1-10(15-19-13-4-2-3-5-14(13)20-15)18-16(21)11-6-8-12(17)9-7-11/h2-10H,1H3,(H,18,21)(H,19,20)/t10-/m0/s1. The summed E-state index contributed by atoms with van der Waals surface area (Å²) in [5, 5.41) is 2.84. The van der Waals surface area contributed by atoms with Crippen LogP contribution in [-0.2, 0) is 0 Å². The molecule has 0 radical (unpaired) electrons. The largest absolute Gasteiger partial charge is 0.342 e. The van der Waals surface area contributed by atoms with Gasteiger partial charge in [0.2, 0.25) is 0 Å². The van der Waals surface area contributed by atoms with Crippen molar-refractivity contribution >= 4 is 16.9 Å². The smallest absolute Gasteiger partial charge is 0.251 e. The van der Waals surface area contributed by atoms with E-state index in [1.165, 1.54) is 24.3 Å². The van der Waals surface area contributed by atoms with Gasteiger partial charge in [0.05, 0.1) is 17.1 Å². The molecule has 0 saturated heterocycles. The zero-order valence-electron chi connectivity index (χ0n) is 11.4. The number of halogens is 1. The van der Waals surface area contributed by atoms with E-state index in [1.54, 1.807) is 0 Å². The summed E-state index contributed by atoms with van der Waals surface area (Å²) >= 11 is 0. The number of hydrogen-bond donors (Lipinski definition) is 2. The van der Waals surface area contributed by atoms with E-state index < -0.39 is 0 Å². The highest BCUT2D eigenvalue weighted by molar-refractivity contribution is 5.94. The van der Waals surface area contributed by atoms with Crippen LogP contribution in [0.5, 0.6) is 0 Å². The Bertz CT molecular complexity index is 747. The summed E-state index contributed by atoms with van der Waals surface area (Å²) in [7, 11) is 0. The summed E-state index contributed by atoms with van der Waals surface area (Å²) in [6, 6.07) is 12.8. The fraction of sp³-hybridized carbons (Fsp3) is 0.125. The monoisotopic (exact) mass is 283 g/mol. The molecule has 106 valence electrons. The van der Waals surface area contributed by atoms with Crippen molar-refractivity contribution in [1.82, 2.24) is 15.3 Å². The Morgan fingerprint density at radius 3 is 2.62 bits per heavy atom. The number of benzene rings is 2. The summed E-state index contributed by atoms with van der Waals surface area (Å²) in [5.41, 5.74) is 2.20. The molecule has 0 spiro atoms. The molecule has 21 heavy (non-hydrogen) atoms. The second kappa shape index (κ2) is 5.36. The Morgan fingerprint density at radius 1 is 1.19 bits per heavy atom. The molecule has 1 heterocycles. The first-order chi connectivity index (χ1) is 10.1. The molecule has 2 aromatic carbocycles. The van der Waals surface area contributed by atoms with Crippen molar-refractivity contribution in [3.05, 3.63) is 65.7 Å². The van der Waals surface area contributed by atoms with Gasteiger partial charge in [0.1, 0.15) is 11.6 Å². The van der Waals surface area contributed by atoms with Gasteiger partial charge in [-0.3, -0.25) is 4.79 Å². The van der Waals surface area contributed by atoms with Gasteiger partial charge in [0, 0.05) is 5.56 Å². The number of rotatable bonds is 3. The van der Waals surface area contributed by atoms with Gasteiger partial charge in [-0.1, -0.05) is 12.1 Å². The lowest BCUT2D eigenvalue weighted by Gasteiger charge is -2.11. The van der Waals surface area contributed by atoms with Crippen molar-refractivity contribution < 1.29 is 9.18 Å². The molecule has 5 heteroatoms. The number of hydrogen-bond acceptors (Lipinski definition) is 2. The van der Waals surface area contributed by atoms with E-state index >= 15 is 0 Å². The number of H-pyrrole nitrogens is 1. The Kier molecular flexibility index (Phi) is 3.39. The maximum atomic E-state index is 12.8. The number of carbonyl (C=O) groups is 1. The van der Waals surface area contributed by atoms with Crippen LogP contribution < -0.4 is 5.32 Å². The van der Waals surface area contributed by atoms with Gasteiger partial charge in [0.25, 0.3) is 5.91 Å². The van der Waals surface area contributed by atoms with E-state index in [0.717, 1.165) is 11.0 Å². The second-order valence-corrected chi connectivity index (χ2v) is 4.84. The summed E-state index contributed by atoms with van der Waals surface area (Å²) in [5.74, 6) is 0.0616. The number of amides is 1. The molecular weight excluding hydrogens is 269 g/mol. The molecule has 0 fully saturated rings. The van der Waals surface area contributed by atoms with Gasteiger partial charge in [-0.15, -0.1) is 0 Å². The van der Waals surface area contributed by atoms with Gasteiger partial charge in [-0.25, -0.2) is 9.37 Å². The molecule has 3 rings (SSSR count). The molecular formula is C16H14FN3O. The average molecular weight is 283 g/mol. The molecule has 0 bridgehead atoms. The zero-order chi connectivity index (χ0) is 14.8. The minimum atomic E-state index is -0.364. The van der Waals surface area contributed by atoms with Crippen molar-refractivity contribution in [2.45, 2.75) is 13.0 Å². The van der Waals surface area contributed by atoms with Crippen LogP contribution in [0.4, 0.5) is 4.39 Å². The molecule has 1 amide bonds. The number of aromatic amines is 1. The van der Waals surface area contributed by atoms with Crippen LogP contribution in [0.1, 0.15) is 29.1 Å². The van der Waals surface area contributed by atoms with Crippen molar-refractivity contribution in [2.75, 3.05) is 0 Å². The van der Waals surface area contributed by atoms with Gasteiger partial charge >= 0.3 is 0 Å². The topological polar surface area (TPSA) is 57.8 Å². The van der Waals surface area contributed by atoms with Crippen LogP contribution in [0.25, 0.3) is 11.0 Å². The van der Waals surface area contributed by atoms with Crippen molar-refractivity contribution in [1.29, 1.82) is 0 Å². The molecule has 2 N–H and O–H groups in total.